The normalized spacial score (nSPS) is 12.6. The third-order valence-electron chi connectivity index (χ3n) is 12.1. The van der Waals surface area contributed by atoms with Gasteiger partial charge in [0, 0.05) is 71.0 Å². The number of hydrogen-bond acceptors (Lipinski definition) is 4. The average molecular weight is 967 g/mol. The van der Waals surface area contributed by atoms with Crippen molar-refractivity contribution in [3.8, 4) is 84.0 Å². The molecule has 1 N–H and O–H groups in total. The maximum absolute atomic E-state index is 11.7. The van der Waals surface area contributed by atoms with Gasteiger partial charge in [0.25, 0.3) is 0 Å². The van der Waals surface area contributed by atoms with Crippen LogP contribution >= 0.6 is 0 Å². The van der Waals surface area contributed by atoms with Crippen LogP contribution in [0, 0.1) is 13.0 Å². The number of fused-ring (bicyclic) bond motifs is 6. The number of phenolic OH excluding ortho intramolecular Hbond substituents is 1. The Hall–Kier alpha value is -6.87. The molecular weight excluding hydrogens is 928 g/mol. The van der Waals surface area contributed by atoms with Crippen LogP contribution in [0.2, 0.25) is 0 Å². The van der Waals surface area contributed by atoms with E-state index in [4.69, 9.17) is 14.4 Å². The van der Waals surface area contributed by atoms with E-state index in [1.54, 1.807) is 0 Å². The van der Waals surface area contributed by atoms with Crippen LogP contribution in [-0.2, 0) is 26.5 Å². The van der Waals surface area contributed by atoms with Crippen molar-refractivity contribution in [2.24, 2.45) is 0 Å². The quantitative estimate of drug-likeness (QED) is 0.169. The Morgan fingerprint density at radius 2 is 1.02 bits per heavy atom. The Labute approximate surface area is 369 Å². The van der Waals surface area contributed by atoms with Gasteiger partial charge < -0.3 is 9.52 Å². The van der Waals surface area contributed by atoms with E-state index in [9.17, 15) is 5.11 Å². The molecule has 0 radical (unpaired) electrons. The summed E-state index contributed by atoms with van der Waals surface area (Å²) in [6.07, 6.45) is 0. The predicted octanol–water partition coefficient (Wildman–Crippen LogP) is 14.5. The van der Waals surface area contributed by atoms with E-state index >= 15 is 0 Å². The fourth-order valence-electron chi connectivity index (χ4n) is 9.17. The van der Waals surface area contributed by atoms with Crippen molar-refractivity contribution >= 4 is 21.9 Å². The molecule has 0 aliphatic heterocycles. The van der Waals surface area contributed by atoms with Crippen molar-refractivity contribution in [1.82, 2.24) is 9.97 Å². The van der Waals surface area contributed by atoms with Crippen LogP contribution in [0.15, 0.2) is 180 Å². The zero-order valence-corrected chi connectivity index (χ0v) is 36.1. The van der Waals surface area contributed by atoms with E-state index < -0.39 is 0 Å². The number of aromatic nitrogens is 2. The summed E-state index contributed by atoms with van der Waals surface area (Å²) < 4.78 is 6.79. The zero-order valence-electron chi connectivity index (χ0n) is 33.8. The molecule has 0 bridgehead atoms. The van der Waals surface area contributed by atoms with Gasteiger partial charge >= 0.3 is 0 Å². The first-order valence-corrected chi connectivity index (χ1v) is 20.4. The Balaban J connectivity index is 0.00000445. The zero-order chi connectivity index (χ0) is 40.5. The Kier molecular flexibility index (Phi) is 9.42. The molecular formula is C56H39N2O2Pt-. The SMILES string of the molecule is Cc1cc(-c2cccc3c2oc2c(-c4ccccc4)cccc23)cc(-c2[c-]c(-c3cc(-c4ccccc4)cc(-c4cc5c(cc4O)-c4ccccc4C5(C)C)n3)ccc2)n1.[Pt]. The van der Waals surface area contributed by atoms with Gasteiger partial charge in [-0.2, -0.15) is 0 Å². The number of furan rings is 1. The predicted molar refractivity (Wildman–Crippen MR) is 245 cm³/mol. The number of rotatable bonds is 6. The fraction of sp³-hybridized carbons (Fsp3) is 0.0714. The number of nitrogens with zero attached hydrogens (tertiary/aromatic N) is 2. The standard InChI is InChI=1S/C56H39N2O2.Pt/c1-34-27-40(42-23-14-25-45-44-24-13-22-41(54(44)60-55(42)45)36-17-8-5-9-18-36)31-50(57-34)37-19-12-20-38(28-37)51-29-39(35-15-6-4-7-16-35)30-52(58-51)47-32-49-46(33-53(47)59)43-21-10-11-26-48(43)56(49,2)3;/h4-27,29-33,59H,1-3H3;/q-1;. The van der Waals surface area contributed by atoms with Crippen molar-refractivity contribution in [3.63, 3.8) is 0 Å². The van der Waals surface area contributed by atoms with Gasteiger partial charge in [0.05, 0.1) is 5.69 Å². The van der Waals surface area contributed by atoms with Crippen molar-refractivity contribution in [3.05, 3.63) is 199 Å². The molecule has 0 saturated heterocycles. The third-order valence-corrected chi connectivity index (χ3v) is 12.1. The Morgan fingerprint density at radius 1 is 0.459 bits per heavy atom. The van der Waals surface area contributed by atoms with Crippen LogP contribution in [0.1, 0.15) is 30.7 Å². The molecule has 5 heteroatoms. The van der Waals surface area contributed by atoms with E-state index in [2.05, 4.69) is 153 Å². The summed E-state index contributed by atoms with van der Waals surface area (Å²) >= 11 is 0. The third kappa shape index (κ3) is 6.50. The number of aromatic hydroxyl groups is 1. The van der Waals surface area contributed by atoms with Crippen molar-refractivity contribution in [2.75, 3.05) is 0 Å². The van der Waals surface area contributed by atoms with Gasteiger partial charge in [-0.25, -0.2) is 0 Å². The number of para-hydroxylation sites is 2. The van der Waals surface area contributed by atoms with Gasteiger partial charge in [-0.1, -0.05) is 158 Å². The first-order chi connectivity index (χ1) is 29.3. The van der Waals surface area contributed by atoms with E-state index in [1.165, 1.54) is 11.1 Å². The summed E-state index contributed by atoms with van der Waals surface area (Å²) in [5, 5.41) is 13.9. The molecule has 1 aliphatic rings. The van der Waals surface area contributed by atoms with E-state index in [0.29, 0.717) is 11.3 Å². The summed E-state index contributed by atoms with van der Waals surface area (Å²) in [7, 11) is 0. The minimum Gasteiger partial charge on any atom is -0.507 e. The fourth-order valence-corrected chi connectivity index (χ4v) is 9.17. The van der Waals surface area contributed by atoms with Crippen molar-refractivity contribution in [2.45, 2.75) is 26.2 Å². The second kappa shape index (κ2) is 15.0. The molecule has 4 nitrogen and oxygen atoms in total. The molecule has 7 aromatic carbocycles. The molecule has 3 heterocycles. The molecule has 0 fully saturated rings. The van der Waals surface area contributed by atoms with E-state index in [0.717, 1.165) is 94.7 Å². The second-order valence-corrected chi connectivity index (χ2v) is 16.3. The second-order valence-electron chi connectivity index (χ2n) is 16.3. The summed E-state index contributed by atoms with van der Waals surface area (Å²) in [4.78, 5) is 10.3. The number of phenols is 1. The van der Waals surface area contributed by atoms with Crippen molar-refractivity contribution < 1.29 is 30.6 Å². The molecule has 0 atom stereocenters. The largest absolute Gasteiger partial charge is 0.507 e. The first-order valence-electron chi connectivity index (χ1n) is 20.4. The van der Waals surface area contributed by atoms with Crippen molar-refractivity contribution in [1.29, 1.82) is 0 Å². The van der Waals surface area contributed by atoms with Crippen LogP contribution < -0.4 is 0 Å². The molecule has 0 spiro atoms. The number of pyridine rings is 2. The van der Waals surface area contributed by atoms with Crippen LogP contribution in [0.4, 0.5) is 0 Å². The van der Waals surface area contributed by atoms with Gasteiger partial charge in [-0.05, 0) is 75.7 Å². The maximum atomic E-state index is 11.7. The van der Waals surface area contributed by atoms with Gasteiger partial charge in [-0.15, -0.1) is 24.3 Å². The minimum atomic E-state index is -0.225. The Bertz CT molecular complexity index is 3310. The van der Waals surface area contributed by atoms with Gasteiger partial charge in [-0.3, -0.25) is 9.97 Å². The molecule has 11 rings (SSSR count). The molecule has 10 aromatic rings. The van der Waals surface area contributed by atoms with Crippen LogP contribution in [0.3, 0.4) is 0 Å². The maximum Gasteiger partial charge on any atom is 0.143 e. The summed E-state index contributed by atoms with van der Waals surface area (Å²) in [6, 6.07) is 64.3. The smallest absolute Gasteiger partial charge is 0.143 e. The first kappa shape index (κ1) is 38.3. The monoisotopic (exact) mass is 966 g/mol. The summed E-state index contributed by atoms with van der Waals surface area (Å²) in [5.74, 6) is 0.204. The van der Waals surface area contributed by atoms with Gasteiger partial charge in [0.15, 0.2) is 0 Å². The number of aryl methyl sites for hydroxylation is 1. The topological polar surface area (TPSA) is 59.2 Å². The van der Waals surface area contributed by atoms with E-state index in [-0.39, 0.29) is 32.2 Å². The number of benzene rings is 7. The average Bonchev–Trinajstić information content (AvgIpc) is 3.78. The minimum absolute atomic E-state index is 0. The molecule has 3 aromatic heterocycles. The number of hydrogen-bond donors (Lipinski definition) is 1. The molecule has 0 saturated carbocycles. The van der Waals surface area contributed by atoms with Crippen LogP contribution in [0.5, 0.6) is 5.75 Å². The van der Waals surface area contributed by atoms with Crippen LogP contribution in [-0.4, -0.2) is 15.1 Å². The molecule has 0 unspecified atom stereocenters. The molecule has 1 aliphatic carbocycles. The van der Waals surface area contributed by atoms with Crippen LogP contribution in [0.25, 0.3) is 100 Å². The molecule has 296 valence electrons. The summed E-state index contributed by atoms with van der Waals surface area (Å²) in [5.41, 5.74) is 18.0. The van der Waals surface area contributed by atoms with Gasteiger partial charge in [0.1, 0.15) is 16.9 Å². The molecule has 0 amide bonds. The summed E-state index contributed by atoms with van der Waals surface area (Å²) in [6.45, 7) is 6.53. The molecule has 61 heavy (non-hydrogen) atoms. The Morgan fingerprint density at radius 3 is 1.72 bits per heavy atom. The van der Waals surface area contributed by atoms with Gasteiger partial charge in [0.2, 0.25) is 0 Å². The van der Waals surface area contributed by atoms with E-state index in [1.807, 2.05) is 49.4 Å².